The van der Waals surface area contributed by atoms with Crippen molar-refractivity contribution < 1.29 is 9.47 Å². The van der Waals surface area contributed by atoms with Gasteiger partial charge in [-0.05, 0) is 26.0 Å². The van der Waals surface area contributed by atoms with Gasteiger partial charge in [0, 0.05) is 19.6 Å². The van der Waals surface area contributed by atoms with E-state index >= 15 is 0 Å². The van der Waals surface area contributed by atoms with Gasteiger partial charge in [-0.2, -0.15) is 0 Å². The van der Waals surface area contributed by atoms with Crippen LogP contribution in [0.25, 0.3) is 0 Å². The van der Waals surface area contributed by atoms with Crippen LogP contribution in [-0.2, 0) is 9.47 Å². The Bertz CT molecular complexity index is 301. The van der Waals surface area contributed by atoms with Crippen LogP contribution >= 0.6 is 0 Å². The van der Waals surface area contributed by atoms with Gasteiger partial charge >= 0.3 is 0 Å². The third kappa shape index (κ3) is 2.52. The van der Waals surface area contributed by atoms with Crippen LogP contribution in [0.15, 0.2) is 48.6 Å². The van der Waals surface area contributed by atoms with E-state index < -0.39 is 5.79 Å². The van der Waals surface area contributed by atoms with Gasteiger partial charge in [0.2, 0.25) is 5.79 Å². The molecule has 0 heterocycles. The van der Waals surface area contributed by atoms with E-state index in [9.17, 15) is 0 Å². The second-order valence-corrected chi connectivity index (χ2v) is 3.80. The molecular formula is C14H20O2. The summed E-state index contributed by atoms with van der Waals surface area (Å²) in [6, 6.07) is 0. The molecule has 1 aliphatic carbocycles. The minimum atomic E-state index is -0.716. The summed E-state index contributed by atoms with van der Waals surface area (Å²) < 4.78 is 10.7. The van der Waals surface area contributed by atoms with Crippen molar-refractivity contribution in [2.24, 2.45) is 5.41 Å². The zero-order valence-electron chi connectivity index (χ0n) is 10.4. The predicted molar refractivity (Wildman–Crippen MR) is 67.1 cm³/mol. The molecule has 0 spiro atoms. The zero-order chi connectivity index (χ0) is 12.1. The summed E-state index contributed by atoms with van der Waals surface area (Å²) >= 11 is 0. The Hall–Kier alpha value is -1.12. The molecule has 0 amide bonds. The Morgan fingerprint density at radius 1 is 0.812 bits per heavy atom. The maximum Gasteiger partial charge on any atom is 0.207 e. The Labute approximate surface area is 97.9 Å². The summed E-state index contributed by atoms with van der Waals surface area (Å²) in [5.41, 5.74) is -0.149. The highest BCUT2D eigenvalue weighted by atomic mass is 16.7. The standard InChI is InChI=1S/C14H20O2/c1-5-7-13(8-6-2)9-11-14(15-3,16-4)12-10-13/h5-12H,1-4H3/b7-5+,8-6?. The van der Waals surface area contributed by atoms with Gasteiger partial charge in [0.05, 0.1) is 0 Å². The summed E-state index contributed by atoms with van der Waals surface area (Å²) in [4.78, 5) is 0. The van der Waals surface area contributed by atoms with Gasteiger partial charge in [-0.3, -0.25) is 0 Å². The Morgan fingerprint density at radius 2 is 1.25 bits per heavy atom. The van der Waals surface area contributed by atoms with Crippen molar-refractivity contribution in [3.63, 3.8) is 0 Å². The van der Waals surface area contributed by atoms with Crippen molar-refractivity contribution in [3.05, 3.63) is 48.6 Å². The lowest BCUT2D eigenvalue weighted by Gasteiger charge is -2.31. The van der Waals surface area contributed by atoms with Gasteiger partial charge in [0.15, 0.2) is 0 Å². The average molecular weight is 220 g/mol. The monoisotopic (exact) mass is 220 g/mol. The van der Waals surface area contributed by atoms with Crippen LogP contribution in [0.5, 0.6) is 0 Å². The van der Waals surface area contributed by atoms with Gasteiger partial charge in [0.1, 0.15) is 0 Å². The van der Waals surface area contributed by atoms with E-state index in [1.165, 1.54) is 0 Å². The normalized spacial score (nSPS) is 22.2. The molecule has 1 aliphatic rings. The van der Waals surface area contributed by atoms with Gasteiger partial charge in [-0.25, -0.2) is 0 Å². The molecule has 0 fully saturated rings. The number of hydrogen-bond acceptors (Lipinski definition) is 2. The lowest BCUT2D eigenvalue weighted by atomic mass is 9.82. The van der Waals surface area contributed by atoms with E-state index in [0.717, 1.165) is 0 Å². The molecule has 0 aromatic heterocycles. The second-order valence-electron chi connectivity index (χ2n) is 3.80. The van der Waals surface area contributed by atoms with Gasteiger partial charge < -0.3 is 9.47 Å². The molecule has 0 bridgehead atoms. The second kappa shape index (κ2) is 5.28. The van der Waals surface area contributed by atoms with Gasteiger partial charge in [-0.1, -0.05) is 36.5 Å². The Kier molecular flexibility index (Phi) is 4.27. The maximum absolute atomic E-state index is 5.33. The average Bonchev–Trinajstić information content (AvgIpc) is 2.32. The molecule has 0 radical (unpaired) electrons. The summed E-state index contributed by atoms with van der Waals surface area (Å²) in [6.45, 7) is 4.03. The first kappa shape index (κ1) is 12.9. The van der Waals surface area contributed by atoms with Crippen LogP contribution in [0.1, 0.15) is 13.8 Å². The molecule has 2 heteroatoms. The molecule has 0 atom stereocenters. The summed E-state index contributed by atoms with van der Waals surface area (Å²) in [5.74, 6) is -0.716. The topological polar surface area (TPSA) is 18.5 Å². The minimum absolute atomic E-state index is 0.149. The van der Waals surface area contributed by atoms with Crippen molar-refractivity contribution in [3.8, 4) is 0 Å². The quantitative estimate of drug-likeness (QED) is 0.535. The molecule has 0 N–H and O–H groups in total. The third-order valence-corrected chi connectivity index (χ3v) is 2.76. The number of hydrogen-bond donors (Lipinski definition) is 0. The molecule has 1 rings (SSSR count). The molecule has 2 nitrogen and oxygen atoms in total. The molecule has 0 saturated carbocycles. The highest BCUT2D eigenvalue weighted by molar-refractivity contribution is 5.35. The van der Waals surface area contributed by atoms with E-state index in [4.69, 9.17) is 9.47 Å². The fourth-order valence-electron chi connectivity index (χ4n) is 1.84. The Morgan fingerprint density at radius 3 is 1.56 bits per heavy atom. The third-order valence-electron chi connectivity index (χ3n) is 2.76. The fourth-order valence-corrected chi connectivity index (χ4v) is 1.84. The van der Waals surface area contributed by atoms with Crippen molar-refractivity contribution in [1.82, 2.24) is 0 Å². The van der Waals surface area contributed by atoms with E-state index in [1.54, 1.807) is 14.2 Å². The first-order chi connectivity index (χ1) is 7.66. The molecule has 0 aliphatic heterocycles. The van der Waals surface area contributed by atoms with Crippen LogP contribution in [0.4, 0.5) is 0 Å². The lowest BCUT2D eigenvalue weighted by molar-refractivity contribution is -0.134. The molecule has 0 aromatic carbocycles. The highest BCUT2D eigenvalue weighted by Gasteiger charge is 2.30. The SMILES string of the molecule is CC=CC1(/C=C/C)C=CC(OC)(OC)C=C1. The molecule has 88 valence electrons. The van der Waals surface area contributed by atoms with E-state index in [1.807, 2.05) is 38.2 Å². The largest absolute Gasteiger partial charge is 0.346 e. The van der Waals surface area contributed by atoms with Crippen LogP contribution < -0.4 is 0 Å². The lowest BCUT2D eigenvalue weighted by Crippen LogP contribution is -2.32. The smallest absolute Gasteiger partial charge is 0.207 e. The molecule has 0 saturated heterocycles. The summed E-state index contributed by atoms with van der Waals surface area (Å²) in [6.07, 6.45) is 16.4. The van der Waals surface area contributed by atoms with Crippen molar-refractivity contribution in [2.75, 3.05) is 14.2 Å². The zero-order valence-corrected chi connectivity index (χ0v) is 10.4. The molecular weight excluding hydrogens is 200 g/mol. The number of methoxy groups -OCH3 is 2. The minimum Gasteiger partial charge on any atom is -0.346 e. The summed E-state index contributed by atoms with van der Waals surface area (Å²) in [7, 11) is 3.27. The van der Waals surface area contributed by atoms with E-state index in [2.05, 4.69) is 24.3 Å². The van der Waals surface area contributed by atoms with E-state index in [0.29, 0.717) is 0 Å². The fraction of sp³-hybridized carbons (Fsp3) is 0.429. The van der Waals surface area contributed by atoms with Crippen LogP contribution in [0.2, 0.25) is 0 Å². The van der Waals surface area contributed by atoms with Crippen molar-refractivity contribution in [2.45, 2.75) is 19.6 Å². The molecule has 0 unspecified atom stereocenters. The number of allylic oxidation sites excluding steroid dienone is 6. The van der Waals surface area contributed by atoms with Crippen molar-refractivity contribution >= 4 is 0 Å². The van der Waals surface area contributed by atoms with Gasteiger partial charge in [-0.15, -0.1) is 0 Å². The summed E-state index contributed by atoms with van der Waals surface area (Å²) in [5, 5.41) is 0. The number of ether oxygens (including phenoxy) is 2. The van der Waals surface area contributed by atoms with Crippen molar-refractivity contribution in [1.29, 1.82) is 0 Å². The molecule has 0 aromatic rings. The van der Waals surface area contributed by atoms with Crippen LogP contribution in [-0.4, -0.2) is 20.0 Å². The predicted octanol–water partition coefficient (Wildman–Crippen LogP) is 3.24. The van der Waals surface area contributed by atoms with Crippen LogP contribution in [0.3, 0.4) is 0 Å². The first-order valence-corrected chi connectivity index (χ1v) is 5.44. The number of rotatable bonds is 4. The van der Waals surface area contributed by atoms with Crippen LogP contribution in [0, 0.1) is 5.41 Å². The highest BCUT2D eigenvalue weighted by Crippen LogP contribution is 2.33. The first-order valence-electron chi connectivity index (χ1n) is 5.44. The maximum atomic E-state index is 5.33. The van der Waals surface area contributed by atoms with E-state index in [-0.39, 0.29) is 5.41 Å². The molecule has 16 heavy (non-hydrogen) atoms. The Balaban J connectivity index is 3.03. The van der Waals surface area contributed by atoms with Gasteiger partial charge in [0.25, 0.3) is 0 Å².